The Morgan fingerprint density at radius 2 is 1.85 bits per heavy atom. The molecule has 3 rings (SSSR count). The zero-order chi connectivity index (χ0) is 14.3. The number of benzene rings is 1. The number of hydrogen-bond acceptors (Lipinski definition) is 1. The number of fused-ring (bicyclic) bond motifs is 1. The van der Waals surface area contributed by atoms with Crippen molar-refractivity contribution in [3.05, 3.63) is 56.3 Å². The Morgan fingerprint density at radius 3 is 2.60 bits per heavy atom. The van der Waals surface area contributed by atoms with E-state index in [1.54, 1.807) is 18.3 Å². The topological polar surface area (TPSA) is 0 Å². The van der Waals surface area contributed by atoms with Crippen LogP contribution in [0.1, 0.15) is 44.7 Å². The second-order valence-corrected chi connectivity index (χ2v) is 6.89. The van der Waals surface area contributed by atoms with Gasteiger partial charge < -0.3 is 0 Å². The molecule has 106 valence electrons. The van der Waals surface area contributed by atoms with Crippen molar-refractivity contribution in [2.24, 2.45) is 0 Å². The fourth-order valence-electron chi connectivity index (χ4n) is 2.65. The van der Waals surface area contributed by atoms with Gasteiger partial charge in [0.2, 0.25) is 0 Å². The Balaban J connectivity index is 1.98. The van der Waals surface area contributed by atoms with Gasteiger partial charge in [-0.15, -0.1) is 22.9 Å². The van der Waals surface area contributed by atoms with E-state index in [9.17, 15) is 8.78 Å². The van der Waals surface area contributed by atoms with Crippen LogP contribution >= 0.6 is 22.9 Å². The first-order valence-corrected chi connectivity index (χ1v) is 8.02. The summed E-state index contributed by atoms with van der Waals surface area (Å²) < 4.78 is 27.6. The van der Waals surface area contributed by atoms with Gasteiger partial charge in [-0.05, 0) is 61.9 Å². The van der Waals surface area contributed by atoms with E-state index in [0.29, 0.717) is 5.56 Å². The molecule has 0 spiro atoms. The Labute approximate surface area is 126 Å². The van der Waals surface area contributed by atoms with Crippen LogP contribution in [0.15, 0.2) is 18.2 Å². The molecule has 0 fully saturated rings. The second kappa shape index (κ2) is 5.45. The minimum absolute atomic E-state index is 0.230. The maximum absolute atomic E-state index is 14.0. The lowest BCUT2D eigenvalue weighted by Gasteiger charge is -2.10. The molecule has 0 saturated carbocycles. The molecule has 0 bridgehead atoms. The molecule has 0 saturated heterocycles. The fraction of sp³-hybridized carbons (Fsp3) is 0.375. The van der Waals surface area contributed by atoms with Crippen LogP contribution in [0, 0.1) is 18.6 Å². The smallest absolute Gasteiger partial charge is 0.128 e. The third-order valence-electron chi connectivity index (χ3n) is 3.82. The SMILES string of the molecule is Cc1cc(F)c(C(Cl)c2cc3c(s2)CCCC3)cc1F. The number of hydrogen-bond donors (Lipinski definition) is 0. The molecule has 1 aromatic heterocycles. The van der Waals surface area contributed by atoms with Crippen LogP contribution in [0.3, 0.4) is 0 Å². The summed E-state index contributed by atoms with van der Waals surface area (Å²) in [7, 11) is 0. The summed E-state index contributed by atoms with van der Waals surface area (Å²) in [6.45, 7) is 1.55. The molecule has 1 aliphatic rings. The van der Waals surface area contributed by atoms with Gasteiger partial charge in [0.25, 0.3) is 0 Å². The van der Waals surface area contributed by atoms with Gasteiger partial charge in [-0.3, -0.25) is 0 Å². The molecule has 1 aliphatic carbocycles. The summed E-state index contributed by atoms with van der Waals surface area (Å²) >= 11 is 8.02. The minimum atomic E-state index is -0.610. The molecule has 1 unspecified atom stereocenters. The first kappa shape index (κ1) is 14.0. The molecule has 4 heteroatoms. The summed E-state index contributed by atoms with van der Waals surface area (Å²) in [4.78, 5) is 2.27. The van der Waals surface area contributed by atoms with E-state index in [-0.39, 0.29) is 5.56 Å². The standard InChI is InChI=1S/C16H15ClF2S/c1-9-6-13(19)11(8-12(9)18)16(17)15-7-10-4-2-3-5-14(10)20-15/h6-8,16H,2-5H2,1H3. The lowest BCUT2D eigenvalue weighted by atomic mass is 9.98. The van der Waals surface area contributed by atoms with E-state index < -0.39 is 17.0 Å². The van der Waals surface area contributed by atoms with E-state index in [1.165, 1.54) is 35.4 Å². The molecule has 0 N–H and O–H groups in total. The molecule has 1 heterocycles. The Bertz CT molecular complexity index is 625. The number of thiophene rings is 1. The first-order valence-electron chi connectivity index (χ1n) is 6.77. The zero-order valence-electron chi connectivity index (χ0n) is 11.2. The van der Waals surface area contributed by atoms with Crippen molar-refractivity contribution >= 4 is 22.9 Å². The molecule has 0 radical (unpaired) electrons. The second-order valence-electron chi connectivity index (χ2n) is 5.29. The summed E-state index contributed by atoms with van der Waals surface area (Å²) in [5, 5.41) is -0.610. The van der Waals surface area contributed by atoms with Crippen molar-refractivity contribution in [2.75, 3.05) is 0 Å². The predicted octanol–water partition coefficient (Wildman–Crippen LogP) is 5.54. The Morgan fingerprint density at radius 1 is 1.10 bits per heavy atom. The molecule has 1 aromatic carbocycles. The highest BCUT2D eigenvalue weighted by Gasteiger charge is 2.22. The molecule has 20 heavy (non-hydrogen) atoms. The Kier molecular flexibility index (Phi) is 3.83. The maximum atomic E-state index is 14.0. The predicted molar refractivity (Wildman–Crippen MR) is 79.8 cm³/mol. The monoisotopic (exact) mass is 312 g/mol. The van der Waals surface area contributed by atoms with E-state index in [1.807, 2.05) is 0 Å². The largest absolute Gasteiger partial charge is 0.207 e. The summed E-state index contributed by atoms with van der Waals surface area (Å²) in [5.41, 5.74) is 1.86. The molecular weight excluding hydrogens is 298 g/mol. The van der Waals surface area contributed by atoms with E-state index in [4.69, 9.17) is 11.6 Å². The molecular formula is C16H15ClF2S. The van der Waals surface area contributed by atoms with Gasteiger partial charge in [0.05, 0.1) is 5.38 Å². The average Bonchev–Trinajstić information content (AvgIpc) is 2.86. The first-order chi connectivity index (χ1) is 9.56. The third kappa shape index (κ3) is 2.49. The van der Waals surface area contributed by atoms with Gasteiger partial charge >= 0.3 is 0 Å². The van der Waals surface area contributed by atoms with Crippen LogP contribution in [-0.4, -0.2) is 0 Å². The van der Waals surface area contributed by atoms with Crippen molar-refractivity contribution in [1.82, 2.24) is 0 Å². The van der Waals surface area contributed by atoms with E-state index >= 15 is 0 Å². The lowest BCUT2D eigenvalue weighted by Crippen LogP contribution is -1.98. The molecule has 0 nitrogen and oxygen atoms in total. The number of alkyl halides is 1. The van der Waals surface area contributed by atoms with Gasteiger partial charge in [0.1, 0.15) is 11.6 Å². The highest BCUT2D eigenvalue weighted by molar-refractivity contribution is 7.12. The normalized spacial score (nSPS) is 16.0. The fourth-order valence-corrected chi connectivity index (χ4v) is 4.27. The zero-order valence-corrected chi connectivity index (χ0v) is 12.8. The number of rotatable bonds is 2. The molecule has 0 amide bonds. The van der Waals surface area contributed by atoms with E-state index in [2.05, 4.69) is 6.07 Å². The quantitative estimate of drug-likeness (QED) is 0.638. The van der Waals surface area contributed by atoms with Crippen molar-refractivity contribution < 1.29 is 8.78 Å². The Hall–Kier alpha value is -0.930. The molecule has 0 aliphatic heterocycles. The van der Waals surface area contributed by atoms with Crippen LogP contribution in [0.2, 0.25) is 0 Å². The molecule has 2 aromatic rings. The third-order valence-corrected chi connectivity index (χ3v) is 5.72. The van der Waals surface area contributed by atoms with Crippen molar-refractivity contribution in [3.63, 3.8) is 0 Å². The van der Waals surface area contributed by atoms with Gasteiger partial charge in [-0.1, -0.05) is 0 Å². The van der Waals surface area contributed by atoms with Gasteiger partial charge in [-0.25, -0.2) is 8.78 Å². The van der Waals surface area contributed by atoms with E-state index in [0.717, 1.165) is 17.7 Å². The summed E-state index contributed by atoms with van der Waals surface area (Å²) in [6.07, 6.45) is 4.55. The highest BCUT2D eigenvalue weighted by atomic mass is 35.5. The lowest BCUT2D eigenvalue weighted by molar-refractivity contribution is 0.581. The number of halogens is 3. The van der Waals surface area contributed by atoms with Crippen LogP contribution in [0.25, 0.3) is 0 Å². The summed E-state index contributed by atoms with van der Waals surface area (Å²) in [5.74, 6) is -0.844. The minimum Gasteiger partial charge on any atom is -0.207 e. The van der Waals surface area contributed by atoms with Crippen LogP contribution < -0.4 is 0 Å². The summed E-state index contributed by atoms with van der Waals surface area (Å²) in [6, 6.07) is 4.50. The van der Waals surface area contributed by atoms with Crippen LogP contribution in [-0.2, 0) is 12.8 Å². The van der Waals surface area contributed by atoms with Crippen molar-refractivity contribution in [1.29, 1.82) is 0 Å². The maximum Gasteiger partial charge on any atom is 0.128 e. The van der Waals surface area contributed by atoms with Crippen LogP contribution in [0.4, 0.5) is 8.78 Å². The van der Waals surface area contributed by atoms with Gasteiger partial charge in [0, 0.05) is 15.3 Å². The van der Waals surface area contributed by atoms with Gasteiger partial charge in [-0.2, -0.15) is 0 Å². The van der Waals surface area contributed by atoms with Gasteiger partial charge in [0.15, 0.2) is 0 Å². The highest BCUT2D eigenvalue weighted by Crippen LogP contribution is 2.39. The molecule has 1 atom stereocenters. The van der Waals surface area contributed by atoms with Crippen molar-refractivity contribution in [3.8, 4) is 0 Å². The average molecular weight is 313 g/mol. The van der Waals surface area contributed by atoms with Crippen molar-refractivity contribution in [2.45, 2.75) is 38.0 Å². The number of aryl methyl sites for hydroxylation is 3. The van der Waals surface area contributed by atoms with Crippen LogP contribution in [0.5, 0.6) is 0 Å².